The normalized spacial score (nSPS) is 17.1. The van der Waals surface area contributed by atoms with Crippen LogP contribution in [0.2, 0.25) is 5.02 Å². The third-order valence-electron chi connectivity index (χ3n) is 4.70. The largest absolute Gasteiger partial charge is 0.495 e. The molecule has 1 aromatic carbocycles. The van der Waals surface area contributed by atoms with Gasteiger partial charge in [0.1, 0.15) is 11.6 Å². The number of carbonyl (C=O) groups excluding carboxylic acids is 1. The molecule has 1 saturated heterocycles. The van der Waals surface area contributed by atoms with Crippen molar-refractivity contribution in [1.29, 1.82) is 0 Å². The molecule has 2 aromatic rings. The van der Waals surface area contributed by atoms with Crippen LogP contribution in [0, 0.1) is 12.8 Å². The standard InChI is InChI=1S/C20H24ClN3O2/c1-13-5-4-8-24(12-13)20(25)15-6-7-19(22-11-15)23-17-9-14(2)16(21)10-18(17)26-3/h6-7,9-11,13H,4-5,8,12H2,1-3H3,(H,22,23). The van der Waals surface area contributed by atoms with Crippen LogP contribution in [-0.2, 0) is 0 Å². The Morgan fingerprint density at radius 1 is 1.38 bits per heavy atom. The minimum Gasteiger partial charge on any atom is -0.495 e. The van der Waals surface area contributed by atoms with Crippen molar-refractivity contribution in [3.8, 4) is 5.75 Å². The van der Waals surface area contributed by atoms with Gasteiger partial charge in [-0.3, -0.25) is 4.79 Å². The average molecular weight is 374 g/mol. The van der Waals surface area contributed by atoms with Crippen LogP contribution < -0.4 is 10.1 Å². The molecule has 5 nitrogen and oxygen atoms in total. The van der Waals surface area contributed by atoms with Crippen molar-refractivity contribution in [3.63, 3.8) is 0 Å². The van der Waals surface area contributed by atoms with Crippen LogP contribution in [0.5, 0.6) is 5.75 Å². The Kier molecular flexibility index (Phi) is 5.67. The fourth-order valence-electron chi connectivity index (χ4n) is 3.22. The van der Waals surface area contributed by atoms with E-state index in [2.05, 4.69) is 17.2 Å². The first kappa shape index (κ1) is 18.5. The Morgan fingerprint density at radius 2 is 2.19 bits per heavy atom. The Bertz CT molecular complexity index is 792. The van der Waals surface area contributed by atoms with E-state index >= 15 is 0 Å². The number of ether oxygens (including phenoxy) is 1. The summed E-state index contributed by atoms with van der Waals surface area (Å²) in [6, 6.07) is 7.31. The summed E-state index contributed by atoms with van der Waals surface area (Å²) in [6.45, 7) is 5.76. The van der Waals surface area contributed by atoms with Gasteiger partial charge in [0, 0.05) is 30.4 Å². The lowest BCUT2D eigenvalue weighted by molar-refractivity contribution is 0.0682. The van der Waals surface area contributed by atoms with Crippen molar-refractivity contribution in [1.82, 2.24) is 9.88 Å². The van der Waals surface area contributed by atoms with E-state index in [0.717, 1.165) is 30.8 Å². The number of amides is 1. The number of aryl methyl sites for hydroxylation is 1. The second-order valence-electron chi connectivity index (χ2n) is 6.86. The van der Waals surface area contributed by atoms with E-state index in [4.69, 9.17) is 16.3 Å². The minimum absolute atomic E-state index is 0.0514. The van der Waals surface area contributed by atoms with Crippen LogP contribution >= 0.6 is 11.6 Å². The third kappa shape index (κ3) is 4.10. The number of piperidine rings is 1. The van der Waals surface area contributed by atoms with E-state index in [1.807, 2.05) is 30.0 Å². The van der Waals surface area contributed by atoms with Gasteiger partial charge in [-0.15, -0.1) is 0 Å². The van der Waals surface area contributed by atoms with Crippen molar-refractivity contribution in [2.45, 2.75) is 26.7 Å². The summed E-state index contributed by atoms with van der Waals surface area (Å²) in [5, 5.41) is 3.87. The molecule has 6 heteroatoms. The number of carbonyl (C=O) groups is 1. The summed E-state index contributed by atoms with van der Waals surface area (Å²) in [7, 11) is 1.60. The summed E-state index contributed by atoms with van der Waals surface area (Å²) < 4.78 is 5.37. The number of nitrogens with one attached hydrogen (secondary N) is 1. The molecule has 0 spiro atoms. The summed E-state index contributed by atoms with van der Waals surface area (Å²) in [6.07, 6.45) is 3.88. The van der Waals surface area contributed by atoms with Gasteiger partial charge in [-0.25, -0.2) is 4.98 Å². The molecule has 138 valence electrons. The van der Waals surface area contributed by atoms with Crippen LogP contribution in [0.3, 0.4) is 0 Å². The highest BCUT2D eigenvalue weighted by atomic mass is 35.5. The molecule has 1 fully saturated rings. The van der Waals surface area contributed by atoms with E-state index in [1.165, 1.54) is 6.42 Å². The lowest BCUT2D eigenvalue weighted by Crippen LogP contribution is -2.39. The molecule has 1 aromatic heterocycles. The highest BCUT2D eigenvalue weighted by molar-refractivity contribution is 6.31. The van der Waals surface area contributed by atoms with Crippen molar-refractivity contribution < 1.29 is 9.53 Å². The number of hydrogen-bond acceptors (Lipinski definition) is 4. The molecule has 0 bridgehead atoms. The van der Waals surface area contributed by atoms with Gasteiger partial charge in [-0.05, 0) is 49.4 Å². The SMILES string of the molecule is COc1cc(Cl)c(C)cc1Nc1ccc(C(=O)N2CCCC(C)C2)cn1. The summed E-state index contributed by atoms with van der Waals surface area (Å²) >= 11 is 6.14. The predicted molar refractivity (Wildman–Crippen MR) is 105 cm³/mol. The minimum atomic E-state index is 0.0514. The highest BCUT2D eigenvalue weighted by Crippen LogP contribution is 2.32. The van der Waals surface area contributed by atoms with E-state index in [0.29, 0.717) is 28.1 Å². The summed E-state index contributed by atoms with van der Waals surface area (Å²) in [5.74, 6) is 1.90. The van der Waals surface area contributed by atoms with Gasteiger partial charge in [0.25, 0.3) is 5.91 Å². The molecule has 2 heterocycles. The molecule has 26 heavy (non-hydrogen) atoms. The molecule has 0 aliphatic carbocycles. The van der Waals surface area contributed by atoms with Gasteiger partial charge in [0.15, 0.2) is 0 Å². The molecular weight excluding hydrogens is 350 g/mol. The lowest BCUT2D eigenvalue weighted by atomic mass is 10.00. The van der Waals surface area contributed by atoms with E-state index in [-0.39, 0.29) is 5.91 Å². The lowest BCUT2D eigenvalue weighted by Gasteiger charge is -2.30. The molecule has 1 atom stereocenters. The molecule has 1 amide bonds. The number of aromatic nitrogens is 1. The van der Waals surface area contributed by atoms with Crippen molar-refractivity contribution in [2.24, 2.45) is 5.92 Å². The fourth-order valence-corrected chi connectivity index (χ4v) is 3.37. The summed E-state index contributed by atoms with van der Waals surface area (Å²) in [4.78, 5) is 18.9. The van der Waals surface area contributed by atoms with Gasteiger partial charge in [-0.1, -0.05) is 18.5 Å². The molecule has 1 aliphatic heterocycles. The van der Waals surface area contributed by atoms with E-state index in [9.17, 15) is 4.79 Å². The maximum Gasteiger partial charge on any atom is 0.255 e. The number of anilines is 2. The number of nitrogens with zero attached hydrogens (tertiary/aromatic N) is 2. The van der Waals surface area contributed by atoms with Crippen LogP contribution in [0.4, 0.5) is 11.5 Å². The van der Waals surface area contributed by atoms with Crippen LogP contribution in [0.25, 0.3) is 0 Å². The first-order valence-corrected chi connectivity index (χ1v) is 9.22. The second kappa shape index (κ2) is 7.96. The quantitative estimate of drug-likeness (QED) is 0.846. The van der Waals surface area contributed by atoms with Gasteiger partial charge in [0.05, 0.1) is 18.4 Å². The van der Waals surface area contributed by atoms with Gasteiger partial charge in [0.2, 0.25) is 0 Å². The molecule has 1 aliphatic rings. The van der Waals surface area contributed by atoms with Gasteiger partial charge < -0.3 is 15.0 Å². The van der Waals surface area contributed by atoms with Crippen LogP contribution in [0.15, 0.2) is 30.5 Å². The second-order valence-corrected chi connectivity index (χ2v) is 7.26. The van der Waals surface area contributed by atoms with Gasteiger partial charge in [-0.2, -0.15) is 0 Å². The maximum absolute atomic E-state index is 12.6. The number of rotatable bonds is 4. The Hall–Kier alpha value is -2.27. The zero-order valence-corrected chi connectivity index (χ0v) is 16.1. The maximum atomic E-state index is 12.6. The monoisotopic (exact) mass is 373 g/mol. The number of likely N-dealkylation sites (tertiary alicyclic amines) is 1. The average Bonchev–Trinajstić information content (AvgIpc) is 2.64. The molecular formula is C20H24ClN3O2. The number of hydrogen-bond donors (Lipinski definition) is 1. The van der Waals surface area contributed by atoms with E-state index in [1.54, 1.807) is 19.4 Å². The van der Waals surface area contributed by atoms with Crippen molar-refractivity contribution in [3.05, 3.63) is 46.6 Å². The summed E-state index contributed by atoms with van der Waals surface area (Å²) in [5.41, 5.74) is 2.34. The van der Waals surface area contributed by atoms with Crippen LogP contribution in [-0.4, -0.2) is 36.0 Å². The predicted octanol–water partition coefficient (Wildman–Crippen LogP) is 4.67. The Morgan fingerprint density at radius 3 is 2.85 bits per heavy atom. The Balaban J connectivity index is 1.74. The van der Waals surface area contributed by atoms with Crippen molar-refractivity contribution >= 4 is 29.0 Å². The number of methoxy groups -OCH3 is 1. The number of pyridine rings is 1. The smallest absolute Gasteiger partial charge is 0.255 e. The first-order chi connectivity index (χ1) is 12.5. The first-order valence-electron chi connectivity index (χ1n) is 8.84. The molecule has 0 radical (unpaired) electrons. The zero-order valence-electron chi connectivity index (χ0n) is 15.4. The molecule has 1 N–H and O–H groups in total. The highest BCUT2D eigenvalue weighted by Gasteiger charge is 2.22. The zero-order chi connectivity index (χ0) is 18.7. The number of halogens is 1. The fraction of sp³-hybridized carbons (Fsp3) is 0.400. The van der Waals surface area contributed by atoms with Crippen molar-refractivity contribution in [2.75, 3.05) is 25.5 Å². The molecule has 3 rings (SSSR count). The van der Waals surface area contributed by atoms with Crippen LogP contribution in [0.1, 0.15) is 35.7 Å². The van der Waals surface area contributed by atoms with Gasteiger partial charge >= 0.3 is 0 Å². The Labute approximate surface area is 159 Å². The van der Waals surface area contributed by atoms with E-state index < -0.39 is 0 Å². The molecule has 0 saturated carbocycles. The topological polar surface area (TPSA) is 54.5 Å². The number of benzene rings is 1. The molecule has 1 unspecified atom stereocenters. The third-order valence-corrected chi connectivity index (χ3v) is 5.11.